The molecule has 0 atom stereocenters. The second-order valence-corrected chi connectivity index (χ2v) is 11.5. The summed E-state index contributed by atoms with van der Waals surface area (Å²) in [5.74, 6) is 0.753. The van der Waals surface area contributed by atoms with Crippen molar-refractivity contribution in [3.05, 3.63) is 77.8 Å². The average Bonchev–Trinajstić information content (AvgIpc) is 2.87. The minimum atomic E-state index is -0.898. The molecule has 2 aromatic carbocycles. The van der Waals surface area contributed by atoms with Crippen LogP contribution in [0.15, 0.2) is 67.1 Å². The fourth-order valence-electron chi connectivity index (χ4n) is 3.72. The number of benzene rings is 2. The van der Waals surface area contributed by atoms with E-state index in [9.17, 15) is 9.59 Å². The van der Waals surface area contributed by atoms with E-state index < -0.39 is 23.4 Å². The summed E-state index contributed by atoms with van der Waals surface area (Å²) in [4.78, 5) is 39.9. The number of amides is 2. The van der Waals surface area contributed by atoms with E-state index in [-0.39, 0.29) is 17.6 Å². The first-order valence-electron chi connectivity index (χ1n) is 12.9. The third-order valence-electron chi connectivity index (χ3n) is 5.36. The van der Waals surface area contributed by atoms with Crippen LogP contribution in [0, 0.1) is 0 Å². The average molecular weight is 578 g/mol. The van der Waals surface area contributed by atoms with Gasteiger partial charge in [-0.3, -0.25) is 0 Å². The smallest absolute Gasteiger partial charge is 0.425 e. The predicted octanol–water partition coefficient (Wildman–Crippen LogP) is 7.68. The van der Waals surface area contributed by atoms with Crippen LogP contribution in [0.3, 0.4) is 0 Å². The number of halogens is 1. The summed E-state index contributed by atoms with van der Waals surface area (Å²) in [6.45, 7) is 10.6. The Labute approximate surface area is 243 Å². The number of aromatic nitrogens is 3. The van der Waals surface area contributed by atoms with E-state index in [0.717, 1.165) is 10.5 Å². The van der Waals surface area contributed by atoms with Gasteiger partial charge in [0.15, 0.2) is 22.5 Å². The van der Waals surface area contributed by atoms with Crippen molar-refractivity contribution in [3.8, 4) is 5.75 Å². The van der Waals surface area contributed by atoms with E-state index in [2.05, 4.69) is 20.3 Å². The van der Waals surface area contributed by atoms with Gasteiger partial charge in [-0.2, -0.15) is 4.90 Å². The van der Waals surface area contributed by atoms with Gasteiger partial charge in [-0.05, 0) is 76.8 Å². The Morgan fingerprint density at radius 2 is 1.54 bits per heavy atom. The third-order valence-corrected chi connectivity index (χ3v) is 5.63. The Hall–Kier alpha value is -4.44. The first-order valence-corrected chi connectivity index (χ1v) is 13.3. The van der Waals surface area contributed by atoms with E-state index in [0.29, 0.717) is 28.0 Å². The molecule has 0 fully saturated rings. The zero-order chi connectivity index (χ0) is 29.8. The van der Waals surface area contributed by atoms with Crippen molar-refractivity contribution < 1.29 is 23.8 Å². The minimum Gasteiger partial charge on any atom is -0.482 e. The SMILES string of the molecule is CC(C)(C)OC(=O)N(C(=O)OC(C)(C)C)c1nccc2cc(Nc3ncnc(Cl)c3OCc3ccccc3)ccc12. The van der Waals surface area contributed by atoms with Gasteiger partial charge < -0.3 is 19.5 Å². The maximum atomic E-state index is 13.2. The maximum Gasteiger partial charge on any atom is 0.425 e. The van der Waals surface area contributed by atoms with Crippen LogP contribution in [0.4, 0.5) is 26.9 Å². The highest BCUT2D eigenvalue weighted by atomic mass is 35.5. The Balaban J connectivity index is 1.67. The Bertz CT molecular complexity index is 1520. The molecular weight excluding hydrogens is 546 g/mol. The molecule has 2 aromatic heterocycles. The number of pyridine rings is 1. The van der Waals surface area contributed by atoms with Crippen LogP contribution in [-0.4, -0.2) is 38.3 Å². The van der Waals surface area contributed by atoms with Crippen LogP contribution in [0.1, 0.15) is 47.1 Å². The molecular formula is C30H32ClN5O5. The molecule has 1 N–H and O–H groups in total. The summed E-state index contributed by atoms with van der Waals surface area (Å²) < 4.78 is 17.0. The first-order chi connectivity index (χ1) is 19.3. The standard InChI is InChI=1S/C30H32ClN5O5/c1-29(2,3)40-27(37)36(28(38)41-30(4,5)6)26-22-13-12-21(16-20(22)14-15-32-26)35-25-23(24(31)33-18-34-25)39-17-19-10-8-7-9-11-19/h7-16,18H,17H2,1-6H3,(H,33,34,35). The zero-order valence-electron chi connectivity index (χ0n) is 23.8. The second-order valence-electron chi connectivity index (χ2n) is 11.1. The Kier molecular flexibility index (Phi) is 8.63. The van der Waals surface area contributed by atoms with Gasteiger partial charge in [0.2, 0.25) is 0 Å². The summed E-state index contributed by atoms with van der Waals surface area (Å²) >= 11 is 6.35. The van der Waals surface area contributed by atoms with Crippen LogP contribution in [-0.2, 0) is 16.1 Å². The van der Waals surface area contributed by atoms with E-state index in [1.165, 1.54) is 12.5 Å². The molecule has 2 heterocycles. The molecule has 0 radical (unpaired) electrons. The van der Waals surface area contributed by atoms with Crippen molar-refractivity contribution in [2.75, 3.05) is 10.2 Å². The lowest BCUT2D eigenvalue weighted by Crippen LogP contribution is -2.44. The van der Waals surface area contributed by atoms with Crippen LogP contribution >= 0.6 is 11.6 Å². The van der Waals surface area contributed by atoms with Crippen LogP contribution in [0.25, 0.3) is 10.8 Å². The van der Waals surface area contributed by atoms with Gasteiger partial charge in [-0.15, -0.1) is 0 Å². The highest BCUT2D eigenvalue weighted by molar-refractivity contribution is 6.31. The quantitative estimate of drug-likeness (QED) is 0.230. The van der Waals surface area contributed by atoms with Crippen LogP contribution in [0.2, 0.25) is 5.15 Å². The number of anilines is 3. The number of nitrogens with zero attached hydrogens (tertiary/aromatic N) is 4. The van der Waals surface area contributed by atoms with E-state index in [4.69, 9.17) is 25.8 Å². The van der Waals surface area contributed by atoms with Crippen molar-refractivity contribution in [3.63, 3.8) is 0 Å². The summed E-state index contributed by atoms with van der Waals surface area (Å²) in [7, 11) is 0. The number of imide groups is 1. The van der Waals surface area contributed by atoms with Gasteiger partial charge in [-0.25, -0.2) is 24.5 Å². The number of carbonyl (C=O) groups is 2. The summed E-state index contributed by atoms with van der Waals surface area (Å²) in [6.07, 6.45) is 1.04. The lowest BCUT2D eigenvalue weighted by atomic mass is 10.1. The Morgan fingerprint density at radius 3 is 2.17 bits per heavy atom. The lowest BCUT2D eigenvalue weighted by molar-refractivity contribution is 0.0429. The van der Waals surface area contributed by atoms with Crippen LogP contribution < -0.4 is 15.0 Å². The van der Waals surface area contributed by atoms with Gasteiger partial charge in [0.1, 0.15) is 24.1 Å². The highest BCUT2D eigenvalue weighted by Crippen LogP contribution is 2.34. The number of hydrogen-bond donors (Lipinski definition) is 1. The lowest BCUT2D eigenvalue weighted by Gasteiger charge is -2.28. The number of fused-ring (bicyclic) bond motifs is 1. The van der Waals surface area contributed by atoms with Gasteiger partial charge >= 0.3 is 12.2 Å². The molecule has 4 rings (SSSR count). The second kappa shape index (κ2) is 12.0. The number of ether oxygens (including phenoxy) is 3. The molecule has 0 aliphatic rings. The molecule has 0 aliphatic carbocycles. The molecule has 2 amide bonds. The minimum absolute atomic E-state index is 0.0783. The van der Waals surface area contributed by atoms with Crippen molar-refractivity contribution >= 4 is 51.9 Å². The fourth-order valence-corrected chi connectivity index (χ4v) is 3.90. The molecule has 0 bridgehead atoms. The van der Waals surface area contributed by atoms with Gasteiger partial charge in [0.05, 0.1) is 0 Å². The molecule has 10 nitrogen and oxygen atoms in total. The summed E-state index contributed by atoms with van der Waals surface area (Å²) in [5, 5.41) is 4.59. The monoisotopic (exact) mass is 577 g/mol. The summed E-state index contributed by atoms with van der Waals surface area (Å²) in [6, 6.07) is 16.7. The summed E-state index contributed by atoms with van der Waals surface area (Å²) in [5.41, 5.74) is -0.0883. The molecule has 0 aliphatic heterocycles. The number of rotatable bonds is 6. The van der Waals surface area contributed by atoms with E-state index >= 15 is 0 Å². The first kappa shape index (κ1) is 29.5. The largest absolute Gasteiger partial charge is 0.482 e. The van der Waals surface area contributed by atoms with E-state index in [1.54, 1.807) is 59.7 Å². The predicted molar refractivity (Wildman–Crippen MR) is 158 cm³/mol. The number of carbonyl (C=O) groups excluding carboxylic acids is 2. The topological polar surface area (TPSA) is 116 Å². The molecule has 11 heteroatoms. The van der Waals surface area contributed by atoms with Gasteiger partial charge in [0, 0.05) is 17.3 Å². The molecule has 214 valence electrons. The molecule has 41 heavy (non-hydrogen) atoms. The van der Waals surface area contributed by atoms with Crippen LogP contribution in [0.5, 0.6) is 5.75 Å². The van der Waals surface area contributed by atoms with Crippen molar-refractivity contribution in [2.24, 2.45) is 0 Å². The van der Waals surface area contributed by atoms with Gasteiger partial charge in [0.25, 0.3) is 0 Å². The maximum absolute atomic E-state index is 13.2. The molecule has 0 unspecified atom stereocenters. The van der Waals surface area contributed by atoms with Crippen molar-refractivity contribution in [1.82, 2.24) is 15.0 Å². The number of hydrogen-bond acceptors (Lipinski definition) is 9. The van der Waals surface area contributed by atoms with Crippen molar-refractivity contribution in [2.45, 2.75) is 59.4 Å². The normalized spacial score (nSPS) is 11.6. The molecule has 0 spiro atoms. The highest BCUT2D eigenvalue weighted by Gasteiger charge is 2.34. The van der Waals surface area contributed by atoms with Crippen molar-refractivity contribution in [1.29, 1.82) is 0 Å². The molecule has 4 aromatic rings. The third kappa shape index (κ3) is 7.82. The van der Waals surface area contributed by atoms with E-state index in [1.807, 2.05) is 36.4 Å². The molecule has 0 saturated heterocycles. The Morgan fingerprint density at radius 1 is 0.878 bits per heavy atom. The number of nitrogens with one attached hydrogen (secondary N) is 1. The zero-order valence-corrected chi connectivity index (χ0v) is 24.5. The molecule has 0 saturated carbocycles. The van der Waals surface area contributed by atoms with Gasteiger partial charge in [-0.1, -0.05) is 41.9 Å². The fraction of sp³-hybridized carbons (Fsp3) is 0.300.